The quantitative estimate of drug-likeness (QED) is 0.812. The highest BCUT2D eigenvalue weighted by atomic mass is 15.0. The summed E-state index contributed by atoms with van der Waals surface area (Å²) in [4.78, 5) is 0. The van der Waals surface area contributed by atoms with Crippen molar-refractivity contribution in [3.8, 4) is 0 Å². The van der Waals surface area contributed by atoms with Crippen molar-refractivity contribution >= 4 is 0 Å². The molecule has 0 saturated carbocycles. The molecule has 108 valence electrons. The highest BCUT2D eigenvalue weighted by Crippen LogP contribution is 2.31. The lowest BCUT2D eigenvalue weighted by atomic mass is 9.93. The fourth-order valence-corrected chi connectivity index (χ4v) is 3.43. The number of fused-ring (bicyclic) bond motifs is 1. The Morgan fingerprint density at radius 2 is 2.21 bits per heavy atom. The third kappa shape index (κ3) is 3.22. The van der Waals surface area contributed by atoms with Gasteiger partial charge >= 0.3 is 0 Å². The van der Waals surface area contributed by atoms with Gasteiger partial charge in [0.2, 0.25) is 0 Å². The van der Waals surface area contributed by atoms with Crippen LogP contribution in [0.1, 0.15) is 75.4 Å². The van der Waals surface area contributed by atoms with Crippen LogP contribution in [-0.2, 0) is 13.0 Å². The van der Waals surface area contributed by atoms with E-state index >= 15 is 0 Å². The number of aryl methyl sites for hydroxylation is 1. The van der Waals surface area contributed by atoms with Crippen LogP contribution in [0.15, 0.2) is 6.07 Å². The fraction of sp³-hybridized carbons (Fsp3) is 0.765. The molecule has 2 nitrogen and oxygen atoms in total. The van der Waals surface area contributed by atoms with E-state index in [9.17, 15) is 0 Å². The molecule has 2 N–H and O–H groups in total. The monoisotopic (exact) mass is 262 g/mol. The topological polar surface area (TPSA) is 30.9 Å². The summed E-state index contributed by atoms with van der Waals surface area (Å²) in [6, 6.07) is 2.62. The molecule has 2 unspecified atom stereocenters. The van der Waals surface area contributed by atoms with Crippen molar-refractivity contribution in [3.63, 3.8) is 0 Å². The summed E-state index contributed by atoms with van der Waals surface area (Å²) in [5.41, 5.74) is 10.6. The predicted molar refractivity (Wildman–Crippen MR) is 82.3 cm³/mol. The second-order valence-corrected chi connectivity index (χ2v) is 6.21. The smallest absolute Gasteiger partial charge is 0.0313 e. The third-order valence-corrected chi connectivity index (χ3v) is 4.76. The van der Waals surface area contributed by atoms with Gasteiger partial charge in [-0.25, -0.2) is 0 Å². The Labute approximate surface area is 118 Å². The van der Waals surface area contributed by atoms with E-state index < -0.39 is 0 Å². The largest absolute Gasteiger partial charge is 0.348 e. The molecule has 2 atom stereocenters. The number of hydrogen-bond donors (Lipinski definition) is 1. The van der Waals surface area contributed by atoms with Crippen molar-refractivity contribution in [2.75, 3.05) is 0 Å². The molecule has 0 bridgehead atoms. The van der Waals surface area contributed by atoms with E-state index in [-0.39, 0.29) is 6.04 Å². The first-order valence-corrected chi connectivity index (χ1v) is 8.11. The highest BCUT2D eigenvalue weighted by molar-refractivity contribution is 5.32. The number of aromatic nitrogens is 1. The molecule has 2 rings (SSSR count). The van der Waals surface area contributed by atoms with E-state index in [1.807, 2.05) is 0 Å². The molecule has 1 aromatic rings. The first-order valence-electron chi connectivity index (χ1n) is 8.11. The molecule has 0 radical (unpaired) electrons. The molecule has 1 heterocycles. The van der Waals surface area contributed by atoms with Crippen LogP contribution < -0.4 is 5.73 Å². The van der Waals surface area contributed by atoms with Gasteiger partial charge in [-0.2, -0.15) is 0 Å². The minimum absolute atomic E-state index is 0.277. The normalized spacial score (nSPS) is 20.3. The second kappa shape index (κ2) is 6.60. The molecule has 0 spiro atoms. The van der Waals surface area contributed by atoms with Gasteiger partial charge in [0.1, 0.15) is 0 Å². The maximum atomic E-state index is 6.26. The Morgan fingerprint density at radius 3 is 2.89 bits per heavy atom. The molecule has 2 heteroatoms. The van der Waals surface area contributed by atoms with Crippen LogP contribution in [0.3, 0.4) is 0 Å². The van der Waals surface area contributed by atoms with Crippen LogP contribution in [0.2, 0.25) is 0 Å². The molecule has 0 aliphatic heterocycles. The van der Waals surface area contributed by atoms with Crippen molar-refractivity contribution in [2.45, 2.75) is 78.3 Å². The molecule has 0 aromatic carbocycles. The lowest BCUT2D eigenvalue weighted by Gasteiger charge is -2.24. The maximum Gasteiger partial charge on any atom is 0.0313 e. The van der Waals surface area contributed by atoms with E-state index in [2.05, 4.69) is 31.4 Å². The second-order valence-electron chi connectivity index (χ2n) is 6.21. The first kappa shape index (κ1) is 14.6. The van der Waals surface area contributed by atoms with Gasteiger partial charge in [-0.3, -0.25) is 0 Å². The average molecular weight is 262 g/mol. The van der Waals surface area contributed by atoms with Crippen molar-refractivity contribution in [3.05, 3.63) is 23.0 Å². The van der Waals surface area contributed by atoms with Crippen LogP contribution in [0.5, 0.6) is 0 Å². The summed E-state index contributed by atoms with van der Waals surface area (Å²) < 4.78 is 2.57. The molecule has 19 heavy (non-hydrogen) atoms. The van der Waals surface area contributed by atoms with Crippen LogP contribution in [0.25, 0.3) is 0 Å². The average Bonchev–Trinajstić information content (AvgIpc) is 2.72. The summed E-state index contributed by atoms with van der Waals surface area (Å²) >= 11 is 0. The molecule has 0 saturated heterocycles. The van der Waals surface area contributed by atoms with Gasteiger partial charge in [0.15, 0.2) is 0 Å². The molecule has 1 aliphatic rings. The highest BCUT2D eigenvalue weighted by Gasteiger charge is 2.22. The fourth-order valence-electron chi connectivity index (χ4n) is 3.43. The Morgan fingerprint density at radius 1 is 1.42 bits per heavy atom. The lowest BCUT2D eigenvalue weighted by Crippen LogP contribution is -2.20. The van der Waals surface area contributed by atoms with E-state index in [1.165, 1.54) is 62.0 Å². The van der Waals surface area contributed by atoms with Crippen molar-refractivity contribution in [1.82, 2.24) is 4.57 Å². The lowest BCUT2D eigenvalue weighted by molar-refractivity contribution is 0.378. The summed E-state index contributed by atoms with van der Waals surface area (Å²) in [6.45, 7) is 8.06. The summed E-state index contributed by atoms with van der Waals surface area (Å²) in [6.07, 6.45) is 8.96. The molecule has 0 fully saturated rings. The number of rotatable bonds is 6. The minimum atomic E-state index is 0.277. The minimum Gasteiger partial charge on any atom is -0.348 e. The van der Waals surface area contributed by atoms with Gasteiger partial charge in [0.05, 0.1) is 0 Å². The van der Waals surface area contributed by atoms with Crippen molar-refractivity contribution in [1.29, 1.82) is 0 Å². The van der Waals surface area contributed by atoms with Gasteiger partial charge in [-0.05, 0) is 50.2 Å². The van der Waals surface area contributed by atoms with E-state index in [0.717, 1.165) is 12.3 Å². The van der Waals surface area contributed by atoms with Gasteiger partial charge in [-0.15, -0.1) is 0 Å². The zero-order valence-electron chi connectivity index (χ0n) is 12.9. The maximum absolute atomic E-state index is 6.26. The molecular formula is C17H30N2. The van der Waals surface area contributed by atoms with Crippen LogP contribution in [0.4, 0.5) is 0 Å². The first-order chi connectivity index (χ1) is 9.17. The summed E-state index contributed by atoms with van der Waals surface area (Å²) in [7, 11) is 0. The number of nitrogens with zero attached hydrogens (tertiary/aromatic N) is 1. The Balaban J connectivity index is 2.15. The van der Waals surface area contributed by atoms with E-state index in [0.29, 0.717) is 0 Å². The predicted octanol–water partition coefficient (Wildman–Crippen LogP) is 4.35. The van der Waals surface area contributed by atoms with E-state index in [1.54, 1.807) is 0 Å². The third-order valence-electron chi connectivity index (χ3n) is 4.76. The summed E-state index contributed by atoms with van der Waals surface area (Å²) in [5, 5.41) is 0. The van der Waals surface area contributed by atoms with Crippen LogP contribution >= 0.6 is 0 Å². The number of hydrogen-bond acceptors (Lipinski definition) is 1. The van der Waals surface area contributed by atoms with Gasteiger partial charge < -0.3 is 10.3 Å². The molecule has 1 aliphatic carbocycles. The van der Waals surface area contributed by atoms with Gasteiger partial charge in [-0.1, -0.05) is 33.1 Å². The SMILES string of the molecule is CCCCC(CC)Cn1c(C)cc2c1CCCC2N. The molecule has 1 aromatic heterocycles. The Kier molecular flexibility index (Phi) is 5.09. The van der Waals surface area contributed by atoms with E-state index in [4.69, 9.17) is 5.73 Å². The van der Waals surface area contributed by atoms with Crippen molar-refractivity contribution in [2.24, 2.45) is 11.7 Å². The Hall–Kier alpha value is -0.760. The number of unbranched alkanes of at least 4 members (excludes halogenated alkanes) is 1. The Bertz CT molecular complexity index is 406. The standard InChI is InChI=1S/C17H30N2/c1-4-6-8-14(5-2)12-19-13(3)11-15-16(18)9-7-10-17(15)19/h11,14,16H,4-10,12,18H2,1-3H3. The summed E-state index contributed by atoms with van der Waals surface area (Å²) in [5.74, 6) is 0.827. The van der Waals surface area contributed by atoms with Crippen LogP contribution in [0, 0.1) is 12.8 Å². The van der Waals surface area contributed by atoms with Gasteiger partial charge in [0.25, 0.3) is 0 Å². The van der Waals surface area contributed by atoms with Crippen LogP contribution in [-0.4, -0.2) is 4.57 Å². The number of nitrogens with two attached hydrogens (primary N) is 1. The van der Waals surface area contributed by atoms with Gasteiger partial charge in [0, 0.05) is 24.0 Å². The molecular weight excluding hydrogens is 232 g/mol. The van der Waals surface area contributed by atoms with Crippen molar-refractivity contribution < 1.29 is 0 Å². The molecule has 0 amide bonds. The zero-order valence-corrected chi connectivity index (χ0v) is 12.9. The zero-order chi connectivity index (χ0) is 13.8.